The summed E-state index contributed by atoms with van der Waals surface area (Å²) < 4.78 is 5.90. The zero-order valence-electron chi connectivity index (χ0n) is 16.0. The van der Waals surface area contributed by atoms with Gasteiger partial charge in [0.2, 0.25) is 0 Å². The van der Waals surface area contributed by atoms with Crippen molar-refractivity contribution in [2.45, 2.75) is 26.1 Å². The SMILES string of the molecule is C[C@@H]1CN(c2cccc3ncc(-c4nc5ccccc5[nH]4)c(N)c23)C[C@H](C)O1. The number of pyridine rings is 1. The van der Waals surface area contributed by atoms with Gasteiger partial charge in [0.1, 0.15) is 5.82 Å². The summed E-state index contributed by atoms with van der Waals surface area (Å²) in [6.07, 6.45) is 2.16. The van der Waals surface area contributed by atoms with Crippen LogP contribution < -0.4 is 10.6 Å². The lowest BCUT2D eigenvalue weighted by Gasteiger charge is -2.37. The Morgan fingerprint density at radius 2 is 1.79 bits per heavy atom. The van der Waals surface area contributed by atoms with Gasteiger partial charge in [-0.3, -0.25) is 4.98 Å². The molecule has 0 aliphatic carbocycles. The zero-order valence-corrected chi connectivity index (χ0v) is 16.0. The standard InChI is InChI=1S/C22H23N5O/c1-13-11-27(12-14(2)28-13)19-9-5-8-18-20(19)21(23)15(10-24-18)22-25-16-6-3-4-7-17(16)26-22/h3-10,13-14H,11-12H2,1-2H3,(H2,23,24)(H,25,26)/t13-,14+. The molecule has 0 radical (unpaired) electrons. The summed E-state index contributed by atoms with van der Waals surface area (Å²) in [6, 6.07) is 14.1. The van der Waals surface area contributed by atoms with Crippen LogP contribution in [0.15, 0.2) is 48.7 Å². The summed E-state index contributed by atoms with van der Waals surface area (Å²) in [5.74, 6) is 0.742. The maximum atomic E-state index is 6.69. The number of nitrogen functional groups attached to an aromatic ring is 1. The van der Waals surface area contributed by atoms with Gasteiger partial charge in [-0.15, -0.1) is 0 Å². The molecule has 142 valence electrons. The highest BCUT2D eigenvalue weighted by atomic mass is 16.5. The number of anilines is 2. The largest absolute Gasteiger partial charge is 0.397 e. The third-order valence-electron chi connectivity index (χ3n) is 5.32. The molecule has 0 unspecified atom stereocenters. The first kappa shape index (κ1) is 17.0. The van der Waals surface area contributed by atoms with E-state index in [4.69, 9.17) is 15.5 Å². The van der Waals surface area contributed by atoms with E-state index < -0.39 is 0 Å². The van der Waals surface area contributed by atoms with Gasteiger partial charge in [0, 0.05) is 30.4 Å². The number of ether oxygens (including phenoxy) is 1. The summed E-state index contributed by atoms with van der Waals surface area (Å²) in [5, 5.41) is 0.974. The number of fused-ring (bicyclic) bond motifs is 2. The van der Waals surface area contributed by atoms with E-state index in [1.165, 1.54) is 0 Å². The zero-order chi connectivity index (χ0) is 19.3. The second-order valence-electron chi connectivity index (χ2n) is 7.52. The maximum Gasteiger partial charge on any atom is 0.142 e. The minimum absolute atomic E-state index is 0.173. The molecule has 2 atom stereocenters. The molecule has 0 spiro atoms. The van der Waals surface area contributed by atoms with Crippen LogP contribution in [0.2, 0.25) is 0 Å². The number of nitrogens with two attached hydrogens (primary N) is 1. The van der Waals surface area contributed by atoms with Gasteiger partial charge in [-0.05, 0) is 38.1 Å². The molecule has 1 fully saturated rings. The molecule has 1 aliphatic rings. The molecule has 2 aromatic carbocycles. The topological polar surface area (TPSA) is 80.1 Å². The van der Waals surface area contributed by atoms with Gasteiger partial charge >= 0.3 is 0 Å². The third kappa shape index (κ3) is 2.77. The molecule has 5 rings (SSSR count). The third-order valence-corrected chi connectivity index (χ3v) is 5.32. The van der Waals surface area contributed by atoms with Crippen LogP contribution in [0.5, 0.6) is 0 Å². The number of morpholine rings is 1. The number of rotatable bonds is 2. The molecule has 4 aromatic rings. The van der Waals surface area contributed by atoms with Crippen molar-refractivity contribution in [2.75, 3.05) is 23.7 Å². The molecule has 2 aromatic heterocycles. The van der Waals surface area contributed by atoms with Gasteiger partial charge in [-0.1, -0.05) is 18.2 Å². The molecule has 0 saturated carbocycles. The van der Waals surface area contributed by atoms with Gasteiger partial charge in [0.15, 0.2) is 0 Å². The minimum atomic E-state index is 0.173. The lowest BCUT2D eigenvalue weighted by atomic mass is 10.1. The number of aromatic amines is 1. The lowest BCUT2D eigenvalue weighted by Crippen LogP contribution is -2.45. The van der Waals surface area contributed by atoms with E-state index in [-0.39, 0.29) is 12.2 Å². The Hall–Kier alpha value is -3.12. The van der Waals surface area contributed by atoms with Gasteiger partial charge in [0.05, 0.1) is 40.0 Å². The van der Waals surface area contributed by atoms with Gasteiger partial charge < -0.3 is 20.4 Å². The van der Waals surface area contributed by atoms with E-state index in [2.05, 4.69) is 34.8 Å². The molecule has 28 heavy (non-hydrogen) atoms. The Bertz CT molecular complexity index is 1130. The predicted octanol–water partition coefficient (Wildman–Crippen LogP) is 3.97. The molecule has 0 amide bonds. The van der Waals surface area contributed by atoms with Crippen LogP contribution in [-0.2, 0) is 4.74 Å². The minimum Gasteiger partial charge on any atom is -0.397 e. The summed E-state index contributed by atoms with van der Waals surface area (Å²) in [7, 11) is 0. The highest BCUT2D eigenvalue weighted by Gasteiger charge is 2.25. The fourth-order valence-corrected chi connectivity index (χ4v) is 4.16. The maximum absolute atomic E-state index is 6.69. The predicted molar refractivity (Wildman–Crippen MR) is 113 cm³/mol. The van der Waals surface area contributed by atoms with Gasteiger partial charge in [0.25, 0.3) is 0 Å². The molecular formula is C22H23N5O. The van der Waals surface area contributed by atoms with Crippen LogP contribution in [0.25, 0.3) is 33.3 Å². The van der Waals surface area contributed by atoms with E-state index in [1.807, 2.05) is 42.6 Å². The lowest BCUT2D eigenvalue weighted by molar-refractivity contribution is -0.00513. The first-order valence-electron chi connectivity index (χ1n) is 9.63. The van der Waals surface area contributed by atoms with Crippen LogP contribution in [0.4, 0.5) is 11.4 Å². The second kappa shape index (κ2) is 6.49. The fourth-order valence-electron chi connectivity index (χ4n) is 4.16. The first-order valence-corrected chi connectivity index (χ1v) is 9.63. The summed E-state index contributed by atoms with van der Waals surface area (Å²) in [6.45, 7) is 5.87. The Morgan fingerprint density at radius 1 is 1.04 bits per heavy atom. The number of benzene rings is 2. The summed E-state index contributed by atoms with van der Waals surface area (Å²) in [5.41, 5.74) is 12.1. The monoisotopic (exact) mass is 373 g/mol. The molecule has 3 heterocycles. The molecular weight excluding hydrogens is 350 g/mol. The van der Waals surface area contributed by atoms with Crippen molar-refractivity contribution in [1.29, 1.82) is 0 Å². The number of imidazole rings is 1. The molecule has 1 saturated heterocycles. The van der Waals surface area contributed by atoms with Crippen LogP contribution >= 0.6 is 0 Å². The number of para-hydroxylation sites is 2. The molecule has 6 nitrogen and oxygen atoms in total. The molecule has 3 N–H and O–H groups in total. The number of hydrogen-bond acceptors (Lipinski definition) is 5. The van der Waals surface area contributed by atoms with E-state index >= 15 is 0 Å². The second-order valence-corrected chi connectivity index (χ2v) is 7.52. The normalized spacial score (nSPS) is 20.1. The van der Waals surface area contributed by atoms with Crippen molar-refractivity contribution in [3.63, 3.8) is 0 Å². The fraction of sp³-hybridized carbons (Fsp3) is 0.273. The Balaban J connectivity index is 1.68. The Labute approximate surface area is 163 Å². The van der Waals surface area contributed by atoms with E-state index in [0.29, 0.717) is 5.69 Å². The van der Waals surface area contributed by atoms with Gasteiger partial charge in [-0.25, -0.2) is 4.98 Å². The molecule has 0 bridgehead atoms. The van der Waals surface area contributed by atoms with E-state index in [0.717, 1.165) is 52.1 Å². The Kier molecular flexibility index (Phi) is 3.94. The van der Waals surface area contributed by atoms with Crippen molar-refractivity contribution in [3.8, 4) is 11.4 Å². The molecule has 6 heteroatoms. The summed E-state index contributed by atoms with van der Waals surface area (Å²) in [4.78, 5) is 15.1. The number of nitrogens with one attached hydrogen (secondary N) is 1. The molecule has 1 aliphatic heterocycles. The van der Waals surface area contributed by atoms with Crippen molar-refractivity contribution >= 4 is 33.3 Å². The highest BCUT2D eigenvalue weighted by Crippen LogP contribution is 2.37. The van der Waals surface area contributed by atoms with Crippen molar-refractivity contribution < 1.29 is 4.74 Å². The number of aromatic nitrogens is 3. The average Bonchev–Trinajstić information content (AvgIpc) is 3.11. The van der Waals surface area contributed by atoms with Gasteiger partial charge in [-0.2, -0.15) is 0 Å². The van der Waals surface area contributed by atoms with Crippen molar-refractivity contribution in [3.05, 3.63) is 48.7 Å². The van der Waals surface area contributed by atoms with Crippen LogP contribution in [-0.4, -0.2) is 40.2 Å². The van der Waals surface area contributed by atoms with Crippen LogP contribution in [0, 0.1) is 0 Å². The van der Waals surface area contributed by atoms with Crippen LogP contribution in [0.1, 0.15) is 13.8 Å². The van der Waals surface area contributed by atoms with E-state index in [9.17, 15) is 0 Å². The number of nitrogens with zero attached hydrogens (tertiary/aromatic N) is 3. The smallest absolute Gasteiger partial charge is 0.142 e. The number of H-pyrrole nitrogens is 1. The first-order chi connectivity index (χ1) is 13.6. The van der Waals surface area contributed by atoms with Crippen LogP contribution in [0.3, 0.4) is 0 Å². The highest BCUT2D eigenvalue weighted by molar-refractivity contribution is 6.05. The van der Waals surface area contributed by atoms with E-state index in [1.54, 1.807) is 0 Å². The van der Waals surface area contributed by atoms with Crippen molar-refractivity contribution in [2.24, 2.45) is 0 Å². The average molecular weight is 373 g/mol. The number of hydrogen-bond donors (Lipinski definition) is 2. The van der Waals surface area contributed by atoms with Crippen molar-refractivity contribution in [1.82, 2.24) is 15.0 Å². The summed E-state index contributed by atoms with van der Waals surface area (Å²) >= 11 is 0. The Morgan fingerprint density at radius 3 is 2.57 bits per heavy atom. The quantitative estimate of drug-likeness (QED) is 0.556.